The zero-order valence-corrected chi connectivity index (χ0v) is 15.9. The van der Waals surface area contributed by atoms with E-state index >= 15 is 0 Å². The highest BCUT2D eigenvalue weighted by atomic mass is 16.5. The lowest BCUT2D eigenvalue weighted by molar-refractivity contribution is -0.133. The molecule has 0 heterocycles. The molecule has 0 aliphatic carbocycles. The third-order valence-electron chi connectivity index (χ3n) is 3.58. The van der Waals surface area contributed by atoms with Gasteiger partial charge < -0.3 is 18.9 Å². The first-order valence-electron chi connectivity index (χ1n) is 8.54. The van der Waals surface area contributed by atoms with Gasteiger partial charge in [0.2, 0.25) is 0 Å². The highest BCUT2D eigenvalue weighted by Crippen LogP contribution is 2.28. The third kappa shape index (κ3) is 6.88. The number of rotatable bonds is 9. The molecule has 0 radical (unpaired) electrons. The van der Waals surface area contributed by atoms with Crippen molar-refractivity contribution in [1.82, 2.24) is 0 Å². The van der Waals surface area contributed by atoms with E-state index in [-0.39, 0.29) is 0 Å². The normalized spacial score (nSPS) is 10.5. The van der Waals surface area contributed by atoms with Crippen molar-refractivity contribution in [3.8, 4) is 22.6 Å². The van der Waals surface area contributed by atoms with Gasteiger partial charge >= 0.3 is 11.9 Å². The van der Waals surface area contributed by atoms with Crippen LogP contribution >= 0.6 is 0 Å². The van der Waals surface area contributed by atoms with Gasteiger partial charge in [-0.3, -0.25) is 0 Å². The van der Waals surface area contributed by atoms with Gasteiger partial charge in [0.05, 0.1) is 0 Å². The molecule has 0 saturated carbocycles. The van der Waals surface area contributed by atoms with E-state index in [1.165, 1.54) is 12.5 Å². The van der Waals surface area contributed by atoms with Gasteiger partial charge in [-0.15, -0.1) is 0 Å². The highest BCUT2D eigenvalue weighted by molar-refractivity contribution is 5.82. The molecule has 148 valence electrons. The number of hydrogen-bond acceptors (Lipinski definition) is 6. The summed E-state index contributed by atoms with van der Waals surface area (Å²) in [4.78, 5) is 21.8. The molecule has 2 aromatic carbocycles. The summed E-state index contributed by atoms with van der Waals surface area (Å²) in [6.45, 7) is 8.56. The average molecular weight is 392 g/mol. The maximum absolute atomic E-state index is 10.9. The van der Waals surface area contributed by atoms with Crippen LogP contribution in [0, 0.1) is 6.92 Å². The molecule has 0 aromatic heterocycles. The largest absolute Gasteiger partial charge is 0.462 e. The maximum Gasteiger partial charge on any atom is 0.335 e. The SMILES string of the molecule is C=CC(=O)OC=COc1ccc(-c2ccc(OC=COC(=O)C=C)cc2C)cc1. The Balaban J connectivity index is 1.97. The maximum atomic E-state index is 10.9. The molecule has 2 aromatic rings. The summed E-state index contributed by atoms with van der Waals surface area (Å²) < 4.78 is 20.1. The molecule has 0 saturated heterocycles. The lowest BCUT2D eigenvalue weighted by atomic mass is 10.0. The Hall–Kier alpha value is -4.06. The van der Waals surface area contributed by atoms with Crippen molar-refractivity contribution in [1.29, 1.82) is 0 Å². The average Bonchev–Trinajstić information content (AvgIpc) is 2.74. The van der Waals surface area contributed by atoms with Crippen molar-refractivity contribution < 1.29 is 28.5 Å². The van der Waals surface area contributed by atoms with E-state index in [0.29, 0.717) is 11.5 Å². The van der Waals surface area contributed by atoms with Crippen LogP contribution in [0.3, 0.4) is 0 Å². The molecule has 0 spiro atoms. The fourth-order valence-electron chi connectivity index (χ4n) is 2.25. The molecule has 2 rings (SSSR count). The second kappa shape index (κ2) is 10.9. The van der Waals surface area contributed by atoms with Gasteiger partial charge in [0, 0.05) is 12.2 Å². The zero-order chi connectivity index (χ0) is 21.1. The van der Waals surface area contributed by atoms with Crippen LogP contribution in [0.4, 0.5) is 0 Å². The van der Waals surface area contributed by atoms with Crippen molar-refractivity contribution in [3.05, 3.63) is 98.4 Å². The molecule has 0 fully saturated rings. The van der Waals surface area contributed by atoms with Gasteiger partial charge in [0.15, 0.2) is 0 Å². The van der Waals surface area contributed by atoms with Crippen LogP contribution < -0.4 is 9.47 Å². The number of hydrogen-bond donors (Lipinski definition) is 0. The smallest absolute Gasteiger partial charge is 0.335 e. The van der Waals surface area contributed by atoms with Gasteiger partial charge in [-0.25, -0.2) is 9.59 Å². The van der Waals surface area contributed by atoms with Crippen LogP contribution in [0.25, 0.3) is 11.1 Å². The van der Waals surface area contributed by atoms with E-state index < -0.39 is 11.9 Å². The van der Waals surface area contributed by atoms with Gasteiger partial charge in [-0.1, -0.05) is 31.4 Å². The quantitative estimate of drug-likeness (QED) is 0.346. The number of aryl methyl sites for hydroxylation is 1. The summed E-state index contributed by atoms with van der Waals surface area (Å²) >= 11 is 0. The van der Waals surface area contributed by atoms with E-state index in [0.717, 1.165) is 41.4 Å². The molecular weight excluding hydrogens is 372 g/mol. The predicted molar refractivity (Wildman–Crippen MR) is 109 cm³/mol. The molecule has 0 aliphatic heterocycles. The Morgan fingerprint density at radius 1 is 0.759 bits per heavy atom. The number of carbonyl (C=O) groups excluding carboxylic acids is 2. The van der Waals surface area contributed by atoms with E-state index in [1.54, 1.807) is 12.1 Å². The molecule has 29 heavy (non-hydrogen) atoms. The van der Waals surface area contributed by atoms with Crippen molar-refractivity contribution in [2.24, 2.45) is 0 Å². The predicted octanol–water partition coefficient (Wildman–Crippen LogP) is 4.82. The van der Waals surface area contributed by atoms with Gasteiger partial charge in [0.1, 0.15) is 36.5 Å². The summed E-state index contributed by atoms with van der Waals surface area (Å²) in [5.74, 6) is 0.0845. The molecule has 6 heteroatoms. The Kier molecular flexibility index (Phi) is 8.01. The lowest BCUT2D eigenvalue weighted by Crippen LogP contribution is -1.93. The topological polar surface area (TPSA) is 71.1 Å². The van der Waals surface area contributed by atoms with Crippen LogP contribution in [0.1, 0.15) is 5.56 Å². The summed E-state index contributed by atoms with van der Waals surface area (Å²) in [6.07, 6.45) is 6.97. The minimum absolute atomic E-state index is 0.558. The highest BCUT2D eigenvalue weighted by Gasteiger charge is 2.04. The first kappa shape index (κ1) is 21.2. The molecule has 6 nitrogen and oxygen atoms in total. The summed E-state index contributed by atoms with van der Waals surface area (Å²) in [6, 6.07) is 13.0. The number of benzene rings is 2. The Morgan fingerprint density at radius 2 is 1.28 bits per heavy atom. The Labute approximate surface area is 169 Å². The van der Waals surface area contributed by atoms with Crippen LogP contribution in [0.15, 0.2) is 92.8 Å². The molecule has 0 N–H and O–H groups in total. The monoisotopic (exact) mass is 392 g/mol. The van der Waals surface area contributed by atoms with Crippen molar-refractivity contribution in [2.75, 3.05) is 0 Å². The fraction of sp³-hybridized carbons (Fsp3) is 0.0435. The first-order valence-corrected chi connectivity index (χ1v) is 8.54. The van der Waals surface area contributed by atoms with E-state index in [4.69, 9.17) is 14.2 Å². The minimum atomic E-state index is -0.559. The molecule has 0 amide bonds. The fourth-order valence-corrected chi connectivity index (χ4v) is 2.25. The number of ether oxygens (including phenoxy) is 4. The van der Waals surface area contributed by atoms with Gasteiger partial charge in [-0.2, -0.15) is 0 Å². The van der Waals surface area contributed by atoms with Crippen molar-refractivity contribution in [2.45, 2.75) is 6.92 Å². The number of esters is 2. The molecule has 0 bridgehead atoms. The third-order valence-corrected chi connectivity index (χ3v) is 3.58. The Bertz CT molecular complexity index is 938. The van der Waals surface area contributed by atoms with E-state index in [1.807, 2.05) is 37.3 Å². The standard InChI is InChI=1S/C23H20O6/c1-4-22(24)28-14-12-26-19-8-6-18(7-9-19)21-11-10-20(16-17(21)3)27-13-15-29-23(25)5-2/h4-16H,1-2H2,3H3. The Morgan fingerprint density at radius 3 is 1.79 bits per heavy atom. The summed E-state index contributed by atoms with van der Waals surface area (Å²) in [7, 11) is 0. The van der Waals surface area contributed by atoms with Crippen LogP contribution in [0.5, 0.6) is 11.5 Å². The van der Waals surface area contributed by atoms with Crippen LogP contribution in [0.2, 0.25) is 0 Å². The molecule has 0 unspecified atom stereocenters. The summed E-state index contributed by atoms with van der Waals surface area (Å²) in [5, 5.41) is 0. The van der Waals surface area contributed by atoms with Crippen molar-refractivity contribution in [3.63, 3.8) is 0 Å². The van der Waals surface area contributed by atoms with Crippen LogP contribution in [-0.2, 0) is 19.1 Å². The van der Waals surface area contributed by atoms with E-state index in [9.17, 15) is 9.59 Å². The van der Waals surface area contributed by atoms with Gasteiger partial charge in [0.25, 0.3) is 0 Å². The second-order valence-corrected chi connectivity index (χ2v) is 5.56. The van der Waals surface area contributed by atoms with Gasteiger partial charge in [-0.05, 0) is 47.9 Å². The zero-order valence-electron chi connectivity index (χ0n) is 15.9. The molecular formula is C23H20O6. The van der Waals surface area contributed by atoms with Crippen LogP contribution in [-0.4, -0.2) is 11.9 Å². The van der Waals surface area contributed by atoms with Crippen molar-refractivity contribution >= 4 is 11.9 Å². The summed E-state index contributed by atoms with van der Waals surface area (Å²) in [5.41, 5.74) is 3.03. The molecule has 0 aliphatic rings. The first-order chi connectivity index (χ1) is 14.0. The van der Waals surface area contributed by atoms with E-state index in [2.05, 4.69) is 17.9 Å². The number of carbonyl (C=O) groups is 2. The second-order valence-electron chi connectivity index (χ2n) is 5.56. The minimum Gasteiger partial charge on any atom is -0.462 e. The lowest BCUT2D eigenvalue weighted by Gasteiger charge is -2.09. The molecule has 0 atom stereocenters.